The van der Waals surface area contributed by atoms with Gasteiger partial charge in [0.05, 0.1) is 6.61 Å². The van der Waals surface area contributed by atoms with Crippen LogP contribution in [0.15, 0.2) is 0 Å². The van der Waals surface area contributed by atoms with Crippen molar-refractivity contribution in [3.63, 3.8) is 0 Å². The van der Waals surface area contributed by atoms with Gasteiger partial charge in [-0.1, -0.05) is 27.7 Å². The van der Waals surface area contributed by atoms with Crippen LogP contribution in [0.3, 0.4) is 0 Å². The lowest BCUT2D eigenvalue weighted by molar-refractivity contribution is 0.120. The molecule has 0 saturated carbocycles. The maximum Gasteiger partial charge on any atom is 0.406 e. The molecule has 0 fully saturated rings. The average molecular weight is 187 g/mol. The Bertz CT molecular complexity index is 161. The number of carbonyl (C=O) groups excluding carboxylic acids is 1. The van der Waals surface area contributed by atoms with Crippen molar-refractivity contribution < 1.29 is 9.53 Å². The third-order valence-electron chi connectivity index (χ3n) is 1.66. The molecule has 1 amide bonds. The van der Waals surface area contributed by atoms with Crippen LogP contribution in [-0.2, 0) is 4.74 Å². The highest BCUT2D eigenvalue weighted by Gasteiger charge is 2.16. The maximum atomic E-state index is 10.7. The van der Waals surface area contributed by atoms with Gasteiger partial charge in [0.25, 0.3) is 0 Å². The Morgan fingerprint density at radius 3 is 2.38 bits per heavy atom. The predicted octanol–water partition coefficient (Wildman–Crippen LogP) is 2.41. The number of alkyl carbamates (subject to hydrolysis) is 1. The highest BCUT2D eigenvalue weighted by molar-refractivity contribution is 5.66. The summed E-state index contributed by atoms with van der Waals surface area (Å²) in [5, 5.41) is 2.42. The summed E-state index contributed by atoms with van der Waals surface area (Å²) in [6.07, 6.45) is 0.713. The monoisotopic (exact) mass is 187 g/mol. The van der Waals surface area contributed by atoms with Gasteiger partial charge in [0, 0.05) is 7.05 Å². The molecule has 0 aliphatic carbocycles. The lowest BCUT2D eigenvalue weighted by Crippen LogP contribution is -2.23. The molecule has 0 aromatic heterocycles. The van der Waals surface area contributed by atoms with Gasteiger partial charge >= 0.3 is 6.09 Å². The molecule has 0 aliphatic rings. The number of carbonyl (C=O) groups is 1. The van der Waals surface area contributed by atoms with Crippen molar-refractivity contribution in [2.75, 3.05) is 13.7 Å². The fourth-order valence-electron chi connectivity index (χ4n) is 1.39. The maximum absolute atomic E-state index is 10.7. The quantitative estimate of drug-likeness (QED) is 0.736. The van der Waals surface area contributed by atoms with Crippen LogP contribution in [0.25, 0.3) is 0 Å². The molecule has 0 saturated heterocycles. The van der Waals surface area contributed by atoms with Crippen molar-refractivity contribution in [3.8, 4) is 0 Å². The van der Waals surface area contributed by atoms with Crippen LogP contribution < -0.4 is 5.32 Å². The van der Waals surface area contributed by atoms with E-state index in [1.165, 1.54) is 0 Å². The first kappa shape index (κ1) is 12.3. The van der Waals surface area contributed by atoms with E-state index in [9.17, 15) is 4.79 Å². The van der Waals surface area contributed by atoms with E-state index in [2.05, 4.69) is 33.0 Å². The van der Waals surface area contributed by atoms with Crippen LogP contribution in [0.1, 0.15) is 34.1 Å². The molecular weight excluding hydrogens is 166 g/mol. The average Bonchev–Trinajstić information content (AvgIpc) is 1.97. The summed E-state index contributed by atoms with van der Waals surface area (Å²) < 4.78 is 4.95. The lowest BCUT2D eigenvalue weighted by atomic mass is 9.86. The SMILES string of the molecule is CNC(=O)OCC(C)CC(C)(C)C. The van der Waals surface area contributed by atoms with Crippen molar-refractivity contribution >= 4 is 6.09 Å². The van der Waals surface area contributed by atoms with Crippen molar-refractivity contribution in [2.45, 2.75) is 34.1 Å². The van der Waals surface area contributed by atoms with E-state index >= 15 is 0 Å². The smallest absolute Gasteiger partial charge is 0.406 e. The second-order valence-electron chi connectivity index (χ2n) is 4.72. The zero-order chi connectivity index (χ0) is 10.5. The summed E-state index contributed by atoms with van der Waals surface area (Å²) in [7, 11) is 1.57. The Morgan fingerprint density at radius 2 is 2.00 bits per heavy atom. The van der Waals surface area contributed by atoms with E-state index < -0.39 is 0 Å². The second kappa shape index (κ2) is 5.10. The van der Waals surface area contributed by atoms with Crippen molar-refractivity contribution in [1.82, 2.24) is 5.32 Å². The predicted molar refractivity (Wildman–Crippen MR) is 53.6 cm³/mol. The lowest BCUT2D eigenvalue weighted by Gasteiger charge is -2.22. The Morgan fingerprint density at radius 1 is 1.46 bits per heavy atom. The molecule has 0 aromatic rings. The normalized spacial score (nSPS) is 13.6. The van der Waals surface area contributed by atoms with E-state index in [1.54, 1.807) is 7.05 Å². The third-order valence-corrected chi connectivity index (χ3v) is 1.66. The zero-order valence-electron chi connectivity index (χ0n) is 9.31. The largest absolute Gasteiger partial charge is 0.449 e. The van der Waals surface area contributed by atoms with Crippen LogP contribution >= 0.6 is 0 Å². The summed E-state index contributed by atoms with van der Waals surface area (Å²) >= 11 is 0. The zero-order valence-corrected chi connectivity index (χ0v) is 9.31. The fourth-order valence-corrected chi connectivity index (χ4v) is 1.39. The molecule has 1 N–H and O–H groups in total. The van der Waals surface area contributed by atoms with Crippen molar-refractivity contribution in [1.29, 1.82) is 0 Å². The number of amides is 1. The van der Waals surface area contributed by atoms with Gasteiger partial charge in [-0.15, -0.1) is 0 Å². The first-order valence-electron chi connectivity index (χ1n) is 4.69. The number of ether oxygens (including phenoxy) is 1. The molecule has 0 aliphatic heterocycles. The summed E-state index contributed by atoms with van der Waals surface area (Å²) in [6.45, 7) is 9.14. The minimum absolute atomic E-state index is 0.297. The molecule has 0 heterocycles. The van der Waals surface area contributed by atoms with Gasteiger partial charge in [-0.2, -0.15) is 0 Å². The molecule has 13 heavy (non-hydrogen) atoms. The van der Waals surface area contributed by atoms with Crippen LogP contribution in [-0.4, -0.2) is 19.7 Å². The summed E-state index contributed by atoms with van der Waals surface area (Å²) in [5.41, 5.74) is 0.297. The molecule has 1 atom stereocenters. The molecule has 1 unspecified atom stereocenters. The van der Waals surface area contributed by atoms with E-state index in [0.29, 0.717) is 17.9 Å². The van der Waals surface area contributed by atoms with Crippen LogP contribution in [0.4, 0.5) is 4.79 Å². The number of hydrogen-bond acceptors (Lipinski definition) is 2. The van der Waals surface area contributed by atoms with Crippen LogP contribution in [0.2, 0.25) is 0 Å². The third kappa shape index (κ3) is 7.62. The van der Waals surface area contributed by atoms with Gasteiger partial charge in [-0.25, -0.2) is 4.79 Å². The van der Waals surface area contributed by atoms with Gasteiger partial charge in [0.15, 0.2) is 0 Å². The number of rotatable bonds is 3. The topological polar surface area (TPSA) is 38.3 Å². The van der Waals surface area contributed by atoms with Gasteiger partial charge in [-0.05, 0) is 17.8 Å². The van der Waals surface area contributed by atoms with Crippen LogP contribution in [0, 0.1) is 11.3 Å². The molecule has 0 rings (SSSR count). The Hall–Kier alpha value is -0.730. The molecule has 3 nitrogen and oxygen atoms in total. The summed E-state index contributed by atoms with van der Waals surface area (Å²) in [6, 6.07) is 0. The highest BCUT2D eigenvalue weighted by Crippen LogP contribution is 2.24. The van der Waals surface area contributed by atoms with Gasteiger partial charge in [-0.3, -0.25) is 0 Å². The summed E-state index contributed by atoms with van der Waals surface area (Å²) in [4.78, 5) is 10.7. The number of nitrogens with one attached hydrogen (secondary N) is 1. The second-order valence-corrected chi connectivity index (χ2v) is 4.72. The Balaban J connectivity index is 3.63. The van der Waals surface area contributed by atoms with E-state index in [0.717, 1.165) is 6.42 Å². The van der Waals surface area contributed by atoms with E-state index in [-0.39, 0.29) is 6.09 Å². The standard InChI is InChI=1S/C10H21NO2/c1-8(6-10(2,3)4)7-13-9(12)11-5/h8H,6-7H2,1-5H3,(H,11,12). The minimum Gasteiger partial charge on any atom is -0.449 e. The molecule has 0 bridgehead atoms. The van der Waals surface area contributed by atoms with E-state index in [1.807, 2.05) is 0 Å². The molecule has 0 aromatic carbocycles. The molecule has 0 spiro atoms. The van der Waals surface area contributed by atoms with Gasteiger partial charge in [0.2, 0.25) is 0 Å². The Labute approximate surface area is 80.8 Å². The molecule has 3 heteroatoms. The van der Waals surface area contributed by atoms with Crippen molar-refractivity contribution in [3.05, 3.63) is 0 Å². The highest BCUT2D eigenvalue weighted by atomic mass is 16.5. The summed E-state index contributed by atoms with van der Waals surface area (Å²) in [5.74, 6) is 0.414. The number of hydrogen-bond donors (Lipinski definition) is 1. The molecular formula is C10H21NO2. The minimum atomic E-state index is -0.347. The Kier molecular flexibility index (Phi) is 4.81. The molecule has 0 radical (unpaired) electrons. The first-order valence-corrected chi connectivity index (χ1v) is 4.69. The van der Waals surface area contributed by atoms with Gasteiger partial charge in [0.1, 0.15) is 0 Å². The van der Waals surface area contributed by atoms with E-state index in [4.69, 9.17) is 4.74 Å². The molecule has 78 valence electrons. The van der Waals surface area contributed by atoms with Gasteiger partial charge < -0.3 is 10.1 Å². The van der Waals surface area contributed by atoms with Crippen molar-refractivity contribution in [2.24, 2.45) is 11.3 Å². The van der Waals surface area contributed by atoms with Crippen LogP contribution in [0.5, 0.6) is 0 Å². The first-order chi connectivity index (χ1) is 5.85. The fraction of sp³-hybridized carbons (Fsp3) is 0.900.